The quantitative estimate of drug-likeness (QED) is 0.767. The van der Waals surface area contributed by atoms with Gasteiger partial charge in [0.25, 0.3) is 0 Å². The van der Waals surface area contributed by atoms with E-state index in [1.165, 1.54) is 32.4 Å². The summed E-state index contributed by atoms with van der Waals surface area (Å²) in [6.45, 7) is 3.72. The smallest absolute Gasteiger partial charge is 0.339 e. The van der Waals surface area contributed by atoms with E-state index < -0.39 is 5.97 Å². The lowest BCUT2D eigenvalue weighted by Gasteiger charge is -2.12. The van der Waals surface area contributed by atoms with Crippen molar-refractivity contribution in [1.82, 2.24) is 0 Å². The number of carbonyl (C=O) groups is 1. The summed E-state index contributed by atoms with van der Waals surface area (Å²) in [6.07, 6.45) is 1.53. The molecule has 5 heteroatoms. The van der Waals surface area contributed by atoms with E-state index in [0.717, 1.165) is 0 Å². The molecule has 0 aromatic heterocycles. The first-order valence-corrected chi connectivity index (χ1v) is 4.87. The predicted octanol–water partition coefficient (Wildman–Crippen LogP) is 1.97. The molecule has 0 atom stereocenters. The molecular formula is C12H14O5. The molecule has 0 bridgehead atoms. The molecule has 1 aromatic carbocycles. The van der Waals surface area contributed by atoms with Crippen LogP contribution in [0.15, 0.2) is 24.8 Å². The van der Waals surface area contributed by atoms with Gasteiger partial charge >= 0.3 is 5.97 Å². The number of rotatable bonds is 6. The normalized spacial score (nSPS) is 9.53. The zero-order chi connectivity index (χ0) is 12.8. The average Bonchev–Trinajstić information content (AvgIpc) is 2.34. The van der Waals surface area contributed by atoms with Gasteiger partial charge in [0, 0.05) is 12.1 Å². The van der Waals surface area contributed by atoms with Crippen LogP contribution in [0.2, 0.25) is 0 Å². The molecule has 5 nitrogen and oxygen atoms in total. The van der Waals surface area contributed by atoms with E-state index in [1.54, 1.807) is 0 Å². The third kappa shape index (κ3) is 2.90. The van der Waals surface area contributed by atoms with Crippen LogP contribution in [-0.2, 0) is 0 Å². The standard InChI is InChI=1S/C12H14O5/c1-4-5-17-9-7-11(16-3)10(15-2)6-8(9)12(13)14/h4,6-7H,1,5H2,2-3H3,(H,13,14). The van der Waals surface area contributed by atoms with E-state index >= 15 is 0 Å². The lowest BCUT2D eigenvalue weighted by atomic mass is 10.1. The van der Waals surface area contributed by atoms with E-state index in [1.807, 2.05) is 0 Å². The van der Waals surface area contributed by atoms with Crippen molar-refractivity contribution in [2.75, 3.05) is 20.8 Å². The highest BCUT2D eigenvalue weighted by Gasteiger charge is 2.17. The third-order valence-corrected chi connectivity index (χ3v) is 2.07. The molecule has 0 heterocycles. The van der Waals surface area contributed by atoms with Gasteiger partial charge in [-0.2, -0.15) is 0 Å². The highest BCUT2D eigenvalue weighted by molar-refractivity contribution is 5.92. The largest absolute Gasteiger partial charge is 0.493 e. The SMILES string of the molecule is C=CCOc1cc(OC)c(OC)cc1C(=O)O. The molecule has 0 unspecified atom stereocenters. The molecule has 0 fully saturated rings. The zero-order valence-corrected chi connectivity index (χ0v) is 9.73. The predicted molar refractivity (Wildman–Crippen MR) is 62.2 cm³/mol. The van der Waals surface area contributed by atoms with Crippen molar-refractivity contribution < 1.29 is 24.1 Å². The molecule has 0 saturated carbocycles. The summed E-state index contributed by atoms with van der Waals surface area (Å²) in [4.78, 5) is 11.1. The molecule has 0 saturated heterocycles. The summed E-state index contributed by atoms with van der Waals surface area (Å²) in [6, 6.07) is 2.84. The number of hydrogen-bond acceptors (Lipinski definition) is 4. The summed E-state index contributed by atoms with van der Waals surface area (Å²) < 4.78 is 15.3. The highest BCUT2D eigenvalue weighted by Crippen LogP contribution is 2.34. The second-order valence-electron chi connectivity index (χ2n) is 3.11. The number of methoxy groups -OCH3 is 2. The first-order chi connectivity index (χ1) is 8.13. The lowest BCUT2D eigenvalue weighted by Crippen LogP contribution is -2.04. The minimum absolute atomic E-state index is 0.0181. The maximum atomic E-state index is 11.1. The number of aromatic carboxylic acids is 1. The van der Waals surface area contributed by atoms with Crippen LogP contribution in [0.4, 0.5) is 0 Å². The number of benzene rings is 1. The Kier molecular flexibility index (Phi) is 4.39. The van der Waals surface area contributed by atoms with Gasteiger partial charge in [-0.05, 0) is 0 Å². The van der Waals surface area contributed by atoms with Crippen molar-refractivity contribution in [3.05, 3.63) is 30.4 Å². The van der Waals surface area contributed by atoms with E-state index in [4.69, 9.17) is 19.3 Å². The Morgan fingerprint density at radius 3 is 2.35 bits per heavy atom. The second-order valence-corrected chi connectivity index (χ2v) is 3.11. The van der Waals surface area contributed by atoms with Crippen LogP contribution in [0.1, 0.15) is 10.4 Å². The average molecular weight is 238 g/mol. The summed E-state index contributed by atoms with van der Waals surface area (Å²) in [5.41, 5.74) is 0.0181. The van der Waals surface area contributed by atoms with Crippen LogP contribution in [0.5, 0.6) is 17.2 Å². The Bertz CT molecular complexity index is 425. The van der Waals surface area contributed by atoms with Crippen molar-refractivity contribution >= 4 is 5.97 Å². The minimum Gasteiger partial charge on any atom is -0.493 e. The topological polar surface area (TPSA) is 65.0 Å². The molecule has 0 aliphatic heterocycles. The summed E-state index contributed by atoms with van der Waals surface area (Å²) in [5.74, 6) is -0.118. The van der Waals surface area contributed by atoms with Crippen LogP contribution in [0.25, 0.3) is 0 Å². The van der Waals surface area contributed by atoms with Gasteiger partial charge in [-0.15, -0.1) is 0 Å². The molecule has 1 N–H and O–H groups in total. The molecular weight excluding hydrogens is 224 g/mol. The maximum Gasteiger partial charge on any atom is 0.339 e. The van der Waals surface area contributed by atoms with Crippen molar-refractivity contribution in [2.24, 2.45) is 0 Å². The Morgan fingerprint density at radius 2 is 1.88 bits per heavy atom. The summed E-state index contributed by atoms with van der Waals surface area (Å²) in [5, 5.41) is 9.05. The fraction of sp³-hybridized carbons (Fsp3) is 0.250. The third-order valence-electron chi connectivity index (χ3n) is 2.07. The Labute approximate surface area is 99.2 Å². The molecule has 0 spiro atoms. The van der Waals surface area contributed by atoms with Crippen molar-refractivity contribution in [1.29, 1.82) is 0 Å². The fourth-order valence-electron chi connectivity index (χ4n) is 1.30. The van der Waals surface area contributed by atoms with Gasteiger partial charge < -0.3 is 19.3 Å². The molecule has 0 aliphatic carbocycles. The Hall–Kier alpha value is -2.17. The molecule has 0 radical (unpaired) electrons. The fourth-order valence-corrected chi connectivity index (χ4v) is 1.30. The molecule has 1 aromatic rings. The van der Waals surface area contributed by atoms with Crippen LogP contribution >= 0.6 is 0 Å². The Morgan fingerprint density at radius 1 is 1.29 bits per heavy atom. The van der Waals surface area contributed by atoms with Gasteiger partial charge in [-0.3, -0.25) is 0 Å². The van der Waals surface area contributed by atoms with Crippen molar-refractivity contribution in [2.45, 2.75) is 0 Å². The molecule has 0 aliphatic rings. The van der Waals surface area contributed by atoms with Crippen molar-refractivity contribution in [3.63, 3.8) is 0 Å². The summed E-state index contributed by atoms with van der Waals surface area (Å²) in [7, 11) is 2.91. The van der Waals surface area contributed by atoms with E-state index in [0.29, 0.717) is 11.5 Å². The van der Waals surface area contributed by atoms with Gasteiger partial charge in [0.15, 0.2) is 11.5 Å². The van der Waals surface area contributed by atoms with Crippen LogP contribution in [0.3, 0.4) is 0 Å². The van der Waals surface area contributed by atoms with Gasteiger partial charge in [0.1, 0.15) is 17.9 Å². The van der Waals surface area contributed by atoms with Crippen molar-refractivity contribution in [3.8, 4) is 17.2 Å². The lowest BCUT2D eigenvalue weighted by molar-refractivity contribution is 0.0692. The molecule has 1 rings (SSSR count). The van der Waals surface area contributed by atoms with E-state index in [2.05, 4.69) is 6.58 Å². The van der Waals surface area contributed by atoms with Gasteiger partial charge in [0.05, 0.1) is 14.2 Å². The Balaban J connectivity index is 3.24. The van der Waals surface area contributed by atoms with Gasteiger partial charge in [-0.25, -0.2) is 4.79 Å². The van der Waals surface area contributed by atoms with Crippen LogP contribution in [-0.4, -0.2) is 31.9 Å². The molecule has 0 amide bonds. The maximum absolute atomic E-state index is 11.1. The monoisotopic (exact) mass is 238 g/mol. The summed E-state index contributed by atoms with van der Waals surface area (Å²) >= 11 is 0. The highest BCUT2D eigenvalue weighted by atomic mass is 16.5. The van der Waals surface area contributed by atoms with Gasteiger partial charge in [0.2, 0.25) is 0 Å². The zero-order valence-electron chi connectivity index (χ0n) is 9.73. The van der Waals surface area contributed by atoms with E-state index in [-0.39, 0.29) is 17.9 Å². The first kappa shape index (κ1) is 12.9. The van der Waals surface area contributed by atoms with E-state index in [9.17, 15) is 4.79 Å². The minimum atomic E-state index is -1.09. The van der Waals surface area contributed by atoms with Crippen LogP contribution < -0.4 is 14.2 Å². The van der Waals surface area contributed by atoms with Gasteiger partial charge in [-0.1, -0.05) is 12.7 Å². The number of carboxylic acid groups (broad SMARTS) is 1. The number of ether oxygens (including phenoxy) is 3. The number of carboxylic acids is 1. The molecule has 92 valence electrons. The second kappa shape index (κ2) is 5.79. The molecule has 17 heavy (non-hydrogen) atoms. The number of hydrogen-bond donors (Lipinski definition) is 1. The first-order valence-electron chi connectivity index (χ1n) is 4.87. The van der Waals surface area contributed by atoms with Crippen LogP contribution in [0, 0.1) is 0 Å².